The van der Waals surface area contributed by atoms with Crippen LogP contribution in [0.15, 0.2) is 24.3 Å². The topological polar surface area (TPSA) is 58.4 Å². The molecule has 0 heterocycles. The minimum absolute atomic E-state index is 0.0714. The van der Waals surface area contributed by atoms with E-state index < -0.39 is 0 Å². The average molecular weight is 249 g/mol. The predicted molar refractivity (Wildman–Crippen MR) is 76.7 cm³/mol. The lowest BCUT2D eigenvalue weighted by molar-refractivity contribution is -0.119. The number of nitrogen functional groups attached to an aromatic ring is 1. The number of hydrogen-bond acceptors (Lipinski definition) is 3. The van der Waals surface area contributed by atoms with Crippen LogP contribution in [0.3, 0.4) is 0 Å². The Kier molecular flexibility index (Phi) is 6.05. The highest BCUT2D eigenvalue weighted by atomic mass is 16.2. The van der Waals surface area contributed by atoms with Gasteiger partial charge in [-0.2, -0.15) is 0 Å². The summed E-state index contributed by atoms with van der Waals surface area (Å²) >= 11 is 0. The summed E-state index contributed by atoms with van der Waals surface area (Å²) in [5.41, 5.74) is 7.42. The molecule has 18 heavy (non-hydrogen) atoms. The molecular weight excluding hydrogens is 226 g/mol. The summed E-state index contributed by atoms with van der Waals surface area (Å²) in [5, 5.41) is 2.92. The third-order valence-corrected chi connectivity index (χ3v) is 2.83. The third kappa shape index (κ3) is 4.65. The molecule has 0 aliphatic rings. The summed E-state index contributed by atoms with van der Waals surface area (Å²) in [6.07, 6.45) is 2.12. The Morgan fingerprint density at radius 3 is 2.50 bits per heavy atom. The van der Waals surface area contributed by atoms with E-state index in [1.807, 2.05) is 36.1 Å². The second kappa shape index (κ2) is 7.58. The highest BCUT2D eigenvalue weighted by Gasteiger charge is 2.09. The minimum Gasteiger partial charge on any atom is -0.399 e. The molecule has 4 nitrogen and oxygen atoms in total. The second-order valence-electron chi connectivity index (χ2n) is 4.31. The van der Waals surface area contributed by atoms with Crippen LogP contribution in [0.4, 0.5) is 11.4 Å². The van der Waals surface area contributed by atoms with E-state index in [1.54, 1.807) is 0 Å². The molecular formula is C14H23N3O. The zero-order valence-corrected chi connectivity index (χ0v) is 11.3. The van der Waals surface area contributed by atoms with Crippen molar-refractivity contribution in [3.05, 3.63) is 24.3 Å². The Balaban J connectivity index is 2.51. The van der Waals surface area contributed by atoms with E-state index in [0.717, 1.165) is 37.3 Å². The molecule has 1 aromatic rings. The molecule has 0 spiro atoms. The summed E-state index contributed by atoms with van der Waals surface area (Å²) in [5.74, 6) is 0.0714. The van der Waals surface area contributed by atoms with Gasteiger partial charge in [-0.25, -0.2) is 0 Å². The van der Waals surface area contributed by atoms with Gasteiger partial charge in [0, 0.05) is 24.5 Å². The number of nitrogens with two attached hydrogens (primary N) is 1. The van der Waals surface area contributed by atoms with Crippen LogP contribution in [0, 0.1) is 0 Å². The molecule has 0 saturated heterocycles. The lowest BCUT2D eigenvalue weighted by Gasteiger charge is -2.22. The van der Waals surface area contributed by atoms with Crippen molar-refractivity contribution in [2.75, 3.05) is 30.3 Å². The monoisotopic (exact) mass is 249 g/mol. The molecule has 1 aromatic carbocycles. The molecule has 4 heteroatoms. The fourth-order valence-corrected chi connectivity index (χ4v) is 1.70. The highest BCUT2D eigenvalue weighted by Crippen LogP contribution is 2.15. The number of nitrogens with zero attached hydrogens (tertiary/aromatic N) is 1. The molecule has 0 fully saturated rings. The second-order valence-corrected chi connectivity index (χ2v) is 4.31. The number of likely N-dealkylation sites (N-methyl/N-ethyl adjacent to an activating group) is 1. The Morgan fingerprint density at radius 1 is 1.28 bits per heavy atom. The van der Waals surface area contributed by atoms with Crippen molar-refractivity contribution in [3.8, 4) is 0 Å². The Labute approximate surface area is 109 Å². The van der Waals surface area contributed by atoms with Crippen molar-refractivity contribution >= 4 is 17.3 Å². The SMILES string of the molecule is CCCCNC(=O)CN(CC)c1ccc(N)cc1. The van der Waals surface area contributed by atoms with Crippen molar-refractivity contribution in [1.29, 1.82) is 0 Å². The number of carbonyl (C=O) groups excluding carboxylic acids is 1. The Morgan fingerprint density at radius 2 is 1.94 bits per heavy atom. The van der Waals surface area contributed by atoms with E-state index in [9.17, 15) is 4.79 Å². The van der Waals surface area contributed by atoms with Crippen LogP contribution in [0.25, 0.3) is 0 Å². The normalized spacial score (nSPS) is 10.1. The maximum absolute atomic E-state index is 11.7. The molecule has 0 bridgehead atoms. The average Bonchev–Trinajstić information content (AvgIpc) is 2.37. The smallest absolute Gasteiger partial charge is 0.239 e. The first-order valence-electron chi connectivity index (χ1n) is 6.54. The van der Waals surface area contributed by atoms with E-state index in [4.69, 9.17) is 5.73 Å². The molecule has 0 aliphatic carbocycles. The number of amides is 1. The maximum atomic E-state index is 11.7. The fourth-order valence-electron chi connectivity index (χ4n) is 1.70. The molecule has 0 unspecified atom stereocenters. The standard InChI is InChI=1S/C14H23N3O/c1-3-5-10-16-14(18)11-17(4-2)13-8-6-12(15)7-9-13/h6-9H,3-5,10-11,15H2,1-2H3,(H,16,18). The molecule has 0 atom stereocenters. The van der Waals surface area contributed by atoms with Crippen molar-refractivity contribution in [2.45, 2.75) is 26.7 Å². The van der Waals surface area contributed by atoms with Gasteiger partial charge in [0.1, 0.15) is 0 Å². The Bertz CT molecular complexity index is 362. The van der Waals surface area contributed by atoms with E-state index in [0.29, 0.717) is 6.54 Å². The highest BCUT2D eigenvalue weighted by molar-refractivity contribution is 5.81. The van der Waals surface area contributed by atoms with E-state index >= 15 is 0 Å². The van der Waals surface area contributed by atoms with Gasteiger partial charge in [0.2, 0.25) is 5.91 Å². The van der Waals surface area contributed by atoms with Gasteiger partial charge >= 0.3 is 0 Å². The van der Waals surface area contributed by atoms with Gasteiger partial charge in [0.25, 0.3) is 0 Å². The van der Waals surface area contributed by atoms with Gasteiger partial charge < -0.3 is 16.0 Å². The third-order valence-electron chi connectivity index (χ3n) is 2.83. The summed E-state index contributed by atoms with van der Waals surface area (Å²) in [4.78, 5) is 13.8. The van der Waals surface area contributed by atoms with Gasteiger partial charge in [-0.1, -0.05) is 13.3 Å². The molecule has 100 valence electrons. The van der Waals surface area contributed by atoms with Crippen molar-refractivity contribution in [3.63, 3.8) is 0 Å². The van der Waals surface area contributed by atoms with E-state index in [-0.39, 0.29) is 5.91 Å². The van der Waals surface area contributed by atoms with Crippen molar-refractivity contribution in [2.24, 2.45) is 0 Å². The summed E-state index contributed by atoms with van der Waals surface area (Å²) < 4.78 is 0. The first-order chi connectivity index (χ1) is 8.67. The van der Waals surface area contributed by atoms with Crippen LogP contribution in [-0.2, 0) is 4.79 Å². The number of anilines is 2. The lowest BCUT2D eigenvalue weighted by Crippen LogP contribution is -2.37. The first kappa shape index (κ1) is 14.4. The summed E-state index contributed by atoms with van der Waals surface area (Å²) in [6.45, 7) is 6.10. The van der Waals surface area contributed by atoms with Crippen LogP contribution >= 0.6 is 0 Å². The molecule has 0 aliphatic heterocycles. The van der Waals surface area contributed by atoms with Crippen LogP contribution in [0.2, 0.25) is 0 Å². The fraction of sp³-hybridized carbons (Fsp3) is 0.500. The molecule has 0 aromatic heterocycles. The van der Waals surface area contributed by atoms with Gasteiger partial charge in [-0.05, 0) is 37.6 Å². The molecule has 3 N–H and O–H groups in total. The van der Waals surface area contributed by atoms with Gasteiger partial charge in [-0.3, -0.25) is 4.79 Å². The number of carbonyl (C=O) groups is 1. The van der Waals surface area contributed by atoms with Gasteiger partial charge in [0.05, 0.1) is 6.54 Å². The number of rotatable bonds is 7. The number of nitrogens with one attached hydrogen (secondary N) is 1. The predicted octanol–water partition coefficient (Wildman–Crippen LogP) is 2.01. The quantitative estimate of drug-likeness (QED) is 0.574. The molecule has 1 rings (SSSR count). The molecule has 1 amide bonds. The summed E-state index contributed by atoms with van der Waals surface area (Å²) in [6, 6.07) is 7.59. The van der Waals surface area contributed by atoms with Crippen molar-refractivity contribution in [1.82, 2.24) is 5.32 Å². The molecule has 0 radical (unpaired) electrons. The molecule has 0 saturated carbocycles. The van der Waals surface area contributed by atoms with Gasteiger partial charge in [0.15, 0.2) is 0 Å². The lowest BCUT2D eigenvalue weighted by atomic mass is 10.2. The van der Waals surface area contributed by atoms with Crippen LogP contribution in [0.5, 0.6) is 0 Å². The zero-order valence-electron chi connectivity index (χ0n) is 11.3. The maximum Gasteiger partial charge on any atom is 0.239 e. The number of benzene rings is 1. The van der Waals surface area contributed by atoms with Crippen LogP contribution < -0.4 is 16.0 Å². The zero-order chi connectivity index (χ0) is 13.4. The van der Waals surface area contributed by atoms with E-state index in [2.05, 4.69) is 12.2 Å². The van der Waals surface area contributed by atoms with E-state index in [1.165, 1.54) is 0 Å². The summed E-state index contributed by atoms with van der Waals surface area (Å²) in [7, 11) is 0. The van der Waals surface area contributed by atoms with Crippen LogP contribution in [0.1, 0.15) is 26.7 Å². The largest absolute Gasteiger partial charge is 0.399 e. The number of unbranched alkanes of at least 4 members (excludes halogenated alkanes) is 1. The number of hydrogen-bond donors (Lipinski definition) is 2. The van der Waals surface area contributed by atoms with Gasteiger partial charge in [-0.15, -0.1) is 0 Å². The van der Waals surface area contributed by atoms with Crippen LogP contribution in [-0.4, -0.2) is 25.5 Å². The Hall–Kier alpha value is -1.71. The van der Waals surface area contributed by atoms with Crippen molar-refractivity contribution < 1.29 is 4.79 Å². The first-order valence-corrected chi connectivity index (χ1v) is 6.54. The minimum atomic E-state index is 0.0714.